The minimum atomic E-state index is -3.49. The van der Waals surface area contributed by atoms with Crippen LogP contribution in [-0.4, -0.2) is 60.3 Å². The Kier molecular flexibility index (Phi) is 5.91. The molecule has 5 rings (SSSR count). The first-order valence-corrected chi connectivity index (χ1v) is 12.4. The van der Waals surface area contributed by atoms with Crippen molar-refractivity contribution in [2.24, 2.45) is 0 Å². The quantitative estimate of drug-likeness (QED) is 0.596. The van der Waals surface area contributed by atoms with Crippen molar-refractivity contribution in [2.45, 2.75) is 24.4 Å². The molecule has 3 aromatic rings. The zero-order valence-corrected chi connectivity index (χ0v) is 18.8. The molecule has 0 N–H and O–H groups in total. The standard InChI is InChI=1S/C24H27N5O2S/c30-32(31,29-13-10-21-4-1-2-5-22(21)19-29)23-8-6-20(7-9-23)18-27-14-16-28(17-15-27)24-25-11-3-12-26-24/h1-9,11-12H,10,13-19H2. The molecule has 8 heteroatoms. The van der Waals surface area contributed by atoms with Gasteiger partial charge in [-0.2, -0.15) is 4.31 Å². The number of benzene rings is 2. The Bertz CT molecular complexity index is 1160. The van der Waals surface area contributed by atoms with Crippen LogP contribution >= 0.6 is 0 Å². The zero-order chi connectivity index (χ0) is 22.0. The van der Waals surface area contributed by atoms with E-state index in [4.69, 9.17) is 0 Å². The van der Waals surface area contributed by atoms with Crippen molar-refractivity contribution in [1.82, 2.24) is 19.2 Å². The highest BCUT2D eigenvalue weighted by molar-refractivity contribution is 7.89. The molecule has 1 fully saturated rings. The van der Waals surface area contributed by atoms with Gasteiger partial charge in [0.1, 0.15) is 0 Å². The third-order valence-corrected chi connectivity index (χ3v) is 8.13. The van der Waals surface area contributed by atoms with Gasteiger partial charge in [0.05, 0.1) is 4.90 Å². The summed E-state index contributed by atoms with van der Waals surface area (Å²) < 4.78 is 27.9. The molecular formula is C24H27N5O2S. The van der Waals surface area contributed by atoms with Gasteiger partial charge in [0.25, 0.3) is 0 Å². The van der Waals surface area contributed by atoms with Crippen LogP contribution in [0.15, 0.2) is 71.9 Å². The second-order valence-electron chi connectivity index (χ2n) is 8.31. The van der Waals surface area contributed by atoms with Crippen LogP contribution in [0.1, 0.15) is 16.7 Å². The molecule has 0 aliphatic carbocycles. The lowest BCUT2D eigenvalue weighted by atomic mass is 10.0. The Morgan fingerprint density at radius 3 is 2.19 bits per heavy atom. The Labute approximate surface area is 189 Å². The Morgan fingerprint density at radius 1 is 0.781 bits per heavy atom. The summed E-state index contributed by atoms with van der Waals surface area (Å²) in [6.07, 6.45) is 4.30. The van der Waals surface area contributed by atoms with Crippen molar-refractivity contribution in [1.29, 1.82) is 0 Å². The van der Waals surface area contributed by atoms with Gasteiger partial charge in [-0.25, -0.2) is 18.4 Å². The minimum Gasteiger partial charge on any atom is -0.338 e. The molecular weight excluding hydrogens is 422 g/mol. The summed E-state index contributed by atoms with van der Waals surface area (Å²) in [6, 6.07) is 17.3. The number of anilines is 1. The fourth-order valence-corrected chi connectivity index (χ4v) is 5.83. The maximum absolute atomic E-state index is 13.2. The van der Waals surface area contributed by atoms with Crippen LogP contribution in [0.2, 0.25) is 0 Å². The molecule has 0 radical (unpaired) electrons. The van der Waals surface area contributed by atoms with Crippen molar-refractivity contribution < 1.29 is 8.42 Å². The summed E-state index contributed by atoms with van der Waals surface area (Å²) >= 11 is 0. The van der Waals surface area contributed by atoms with E-state index in [0.29, 0.717) is 18.0 Å². The Morgan fingerprint density at radius 2 is 1.47 bits per heavy atom. The summed E-state index contributed by atoms with van der Waals surface area (Å²) in [5.41, 5.74) is 3.46. The van der Waals surface area contributed by atoms with Gasteiger partial charge >= 0.3 is 0 Å². The maximum atomic E-state index is 13.2. The number of hydrogen-bond donors (Lipinski definition) is 0. The molecule has 7 nitrogen and oxygen atoms in total. The summed E-state index contributed by atoms with van der Waals surface area (Å²) in [6.45, 7) is 5.38. The molecule has 2 aromatic carbocycles. The van der Waals surface area contributed by atoms with E-state index in [2.05, 4.69) is 25.8 Å². The number of nitrogens with zero attached hydrogens (tertiary/aromatic N) is 5. The summed E-state index contributed by atoms with van der Waals surface area (Å²) in [5.74, 6) is 0.780. The normalized spacial score (nSPS) is 17.8. The summed E-state index contributed by atoms with van der Waals surface area (Å²) in [5, 5.41) is 0. The predicted octanol–water partition coefficient (Wildman–Crippen LogP) is 2.55. The second-order valence-corrected chi connectivity index (χ2v) is 10.3. The first kappa shape index (κ1) is 21.1. The maximum Gasteiger partial charge on any atom is 0.243 e. The van der Waals surface area contributed by atoms with E-state index in [0.717, 1.165) is 56.2 Å². The minimum absolute atomic E-state index is 0.367. The molecule has 1 saturated heterocycles. The van der Waals surface area contributed by atoms with Crippen LogP contribution in [0.3, 0.4) is 0 Å². The number of sulfonamides is 1. The van der Waals surface area contributed by atoms with Gasteiger partial charge in [-0.15, -0.1) is 0 Å². The van der Waals surface area contributed by atoms with E-state index >= 15 is 0 Å². The molecule has 3 heterocycles. The lowest BCUT2D eigenvalue weighted by Crippen LogP contribution is -2.46. The monoisotopic (exact) mass is 449 g/mol. The van der Waals surface area contributed by atoms with Gasteiger partial charge in [0.15, 0.2) is 0 Å². The number of fused-ring (bicyclic) bond motifs is 1. The first-order valence-electron chi connectivity index (χ1n) is 11.0. The number of piperazine rings is 1. The molecule has 1 aromatic heterocycles. The van der Waals surface area contributed by atoms with E-state index in [1.807, 2.05) is 36.4 Å². The third-order valence-electron chi connectivity index (χ3n) is 6.27. The van der Waals surface area contributed by atoms with Crippen LogP contribution in [0, 0.1) is 0 Å². The molecule has 0 bridgehead atoms. The van der Waals surface area contributed by atoms with Crippen LogP contribution in [0.4, 0.5) is 5.95 Å². The van der Waals surface area contributed by atoms with Gasteiger partial charge in [-0.3, -0.25) is 4.90 Å². The average Bonchev–Trinajstić information content (AvgIpc) is 2.85. The number of hydrogen-bond acceptors (Lipinski definition) is 6. The molecule has 2 aliphatic rings. The summed E-state index contributed by atoms with van der Waals surface area (Å²) in [4.78, 5) is 13.6. The van der Waals surface area contributed by atoms with E-state index < -0.39 is 10.0 Å². The van der Waals surface area contributed by atoms with E-state index in [9.17, 15) is 8.42 Å². The molecule has 0 unspecified atom stereocenters. The van der Waals surface area contributed by atoms with Crippen LogP contribution in [0.5, 0.6) is 0 Å². The lowest BCUT2D eigenvalue weighted by molar-refractivity contribution is 0.248. The smallest absolute Gasteiger partial charge is 0.243 e. The fraction of sp³-hybridized carbons (Fsp3) is 0.333. The molecule has 0 amide bonds. The first-order chi connectivity index (χ1) is 15.6. The van der Waals surface area contributed by atoms with E-state index in [-0.39, 0.29) is 0 Å². The summed E-state index contributed by atoms with van der Waals surface area (Å²) in [7, 11) is -3.49. The topological polar surface area (TPSA) is 69.6 Å². The highest BCUT2D eigenvalue weighted by Gasteiger charge is 2.28. The highest BCUT2D eigenvalue weighted by atomic mass is 32.2. The number of rotatable bonds is 5. The van der Waals surface area contributed by atoms with Crippen LogP contribution < -0.4 is 4.90 Å². The van der Waals surface area contributed by atoms with Crippen molar-refractivity contribution in [3.8, 4) is 0 Å². The largest absolute Gasteiger partial charge is 0.338 e. The van der Waals surface area contributed by atoms with Gasteiger partial charge in [-0.1, -0.05) is 36.4 Å². The van der Waals surface area contributed by atoms with Crippen molar-refractivity contribution >= 4 is 16.0 Å². The van der Waals surface area contributed by atoms with Gasteiger partial charge in [0.2, 0.25) is 16.0 Å². The van der Waals surface area contributed by atoms with E-state index in [1.165, 1.54) is 5.56 Å². The highest BCUT2D eigenvalue weighted by Crippen LogP contribution is 2.25. The van der Waals surface area contributed by atoms with Crippen LogP contribution in [-0.2, 0) is 29.5 Å². The number of aromatic nitrogens is 2. The molecule has 0 atom stereocenters. The predicted molar refractivity (Wildman–Crippen MR) is 124 cm³/mol. The molecule has 2 aliphatic heterocycles. The lowest BCUT2D eigenvalue weighted by Gasteiger charge is -2.34. The van der Waals surface area contributed by atoms with E-state index in [1.54, 1.807) is 28.8 Å². The van der Waals surface area contributed by atoms with Crippen molar-refractivity contribution in [3.63, 3.8) is 0 Å². The Balaban J connectivity index is 1.20. The molecule has 166 valence electrons. The average molecular weight is 450 g/mol. The van der Waals surface area contributed by atoms with Gasteiger partial charge < -0.3 is 4.90 Å². The molecule has 0 spiro atoms. The SMILES string of the molecule is O=S(=O)(c1ccc(CN2CCN(c3ncccn3)CC2)cc1)N1CCc2ccccc2C1. The second kappa shape index (κ2) is 8.97. The van der Waals surface area contributed by atoms with Gasteiger partial charge in [-0.05, 0) is 41.3 Å². The van der Waals surface area contributed by atoms with Gasteiger partial charge in [0, 0.05) is 58.2 Å². The third kappa shape index (κ3) is 4.39. The zero-order valence-electron chi connectivity index (χ0n) is 18.0. The van der Waals surface area contributed by atoms with Crippen molar-refractivity contribution in [3.05, 3.63) is 83.7 Å². The van der Waals surface area contributed by atoms with Crippen molar-refractivity contribution in [2.75, 3.05) is 37.6 Å². The van der Waals surface area contributed by atoms with Crippen LogP contribution in [0.25, 0.3) is 0 Å². The Hall–Kier alpha value is -2.81. The molecule has 32 heavy (non-hydrogen) atoms. The molecule has 0 saturated carbocycles. The fourth-order valence-electron chi connectivity index (χ4n) is 4.41.